The standard InChI is InChI=1S/C18H24O6.C18H15S/c1-11(2)16(22)24-18-8-12-5-13(9-18)7-17(6-12,10-18)23-15(21)4-3-14(19)20;1-4-10-16(11-5-1)19(17-12-6-2-7-13-17)18-14-8-3-9-15-18/h12-13H,1,3-10H2,2H3,(H,19,20);1-15H/q;+1/p-1. The van der Waals surface area contributed by atoms with Crippen molar-refractivity contribution in [2.45, 2.75) is 84.2 Å². The van der Waals surface area contributed by atoms with Gasteiger partial charge in [0.15, 0.2) is 14.7 Å². The number of rotatable bonds is 9. The highest BCUT2D eigenvalue weighted by Gasteiger charge is 2.61. The van der Waals surface area contributed by atoms with Crippen molar-refractivity contribution in [1.29, 1.82) is 0 Å². The molecular weight excluding hydrogens is 560 g/mol. The van der Waals surface area contributed by atoms with Gasteiger partial charge in [-0.05, 0) is 93.7 Å². The zero-order valence-corrected chi connectivity index (χ0v) is 25.4. The predicted octanol–water partition coefficient (Wildman–Crippen LogP) is 6.05. The van der Waals surface area contributed by atoms with Crippen LogP contribution in [0, 0.1) is 11.8 Å². The molecule has 0 heterocycles. The molecule has 0 amide bonds. The Labute approximate surface area is 256 Å². The second kappa shape index (κ2) is 13.2. The summed E-state index contributed by atoms with van der Waals surface area (Å²) in [4.78, 5) is 38.7. The fraction of sp³-hybridized carbons (Fsp3) is 0.361. The van der Waals surface area contributed by atoms with Crippen molar-refractivity contribution < 1.29 is 29.0 Å². The Morgan fingerprint density at radius 1 is 0.744 bits per heavy atom. The molecule has 7 heteroatoms. The first-order valence-corrected chi connectivity index (χ1v) is 16.1. The largest absolute Gasteiger partial charge is 0.550 e. The summed E-state index contributed by atoms with van der Waals surface area (Å²) >= 11 is 0. The Hall–Kier alpha value is -3.84. The molecule has 4 saturated carbocycles. The van der Waals surface area contributed by atoms with Crippen LogP contribution in [0.2, 0.25) is 0 Å². The number of hydrogen-bond acceptors (Lipinski definition) is 6. The first kappa shape index (κ1) is 30.6. The Balaban J connectivity index is 0.000000176. The molecule has 2 unspecified atom stereocenters. The third-order valence-electron chi connectivity index (χ3n) is 8.41. The van der Waals surface area contributed by atoms with Gasteiger partial charge >= 0.3 is 11.9 Å². The van der Waals surface area contributed by atoms with E-state index in [0.29, 0.717) is 23.8 Å². The normalized spacial score (nSPS) is 24.9. The molecule has 0 aromatic heterocycles. The molecule has 0 spiro atoms. The number of carbonyl (C=O) groups excluding carboxylic acids is 3. The average molecular weight is 599 g/mol. The van der Waals surface area contributed by atoms with Crippen molar-refractivity contribution in [2.75, 3.05) is 0 Å². The van der Waals surface area contributed by atoms with E-state index in [1.807, 2.05) is 0 Å². The number of esters is 2. The first-order chi connectivity index (χ1) is 20.7. The van der Waals surface area contributed by atoms with Gasteiger partial charge in [0.1, 0.15) is 11.2 Å². The van der Waals surface area contributed by atoms with Crippen LogP contribution in [0.1, 0.15) is 58.3 Å². The van der Waals surface area contributed by atoms with Crippen LogP contribution in [0.15, 0.2) is 118 Å². The first-order valence-electron chi connectivity index (χ1n) is 14.9. The molecule has 3 aromatic carbocycles. The fourth-order valence-corrected chi connectivity index (χ4v) is 9.30. The lowest BCUT2D eigenvalue weighted by Crippen LogP contribution is -2.61. The molecule has 4 aliphatic carbocycles. The molecule has 4 fully saturated rings. The van der Waals surface area contributed by atoms with E-state index < -0.39 is 29.1 Å². The topological polar surface area (TPSA) is 92.7 Å². The van der Waals surface area contributed by atoms with E-state index in [1.54, 1.807) is 6.92 Å². The lowest BCUT2D eigenvalue weighted by atomic mass is 9.52. The van der Waals surface area contributed by atoms with Gasteiger partial charge in [0.2, 0.25) is 0 Å². The summed E-state index contributed by atoms with van der Waals surface area (Å²) < 4.78 is 11.5. The summed E-state index contributed by atoms with van der Waals surface area (Å²) in [7, 11) is -0.0146. The zero-order chi connectivity index (χ0) is 30.5. The maximum Gasteiger partial charge on any atom is 0.333 e. The van der Waals surface area contributed by atoms with Gasteiger partial charge in [0.05, 0.1) is 17.3 Å². The summed E-state index contributed by atoms with van der Waals surface area (Å²) in [5.74, 6) is -1.42. The summed E-state index contributed by atoms with van der Waals surface area (Å²) in [6.45, 7) is 5.26. The van der Waals surface area contributed by atoms with Crippen LogP contribution in [0.3, 0.4) is 0 Å². The molecule has 3 aromatic rings. The van der Waals surface area contributed by atoms with Crippen LogP contribution < -0.4 is 5.11 Å². The predicted molar refractivity (Wildman–Crippen MR) is 163 cm³/mol. The van der Waals surface area contributed by atoms with Gasteiger partial charge in [-0.2, -0.15) is 0 Å². The molecule has 224 valence electrons. The quantitative estimate of drug-likeness (QED) is 0.169. The minimum atomic E-state index is -1.26. The molecular formula is C36H38O6S. The van der Waals surface area contributed by atoms with Gasteiger partial charge in [-0.25, -0.2) is 4.79 Å². The second-order valence-corrected chi connectivity index (χ2v) is 14.1. The Kier molecular flexibility index (Phi) is 9.40. The van der Waals surface area contributed by atoms with Gasteiger partial charge in [0.25, 0.3) is 0 Å². The van der Waals surface area contributed by atoms with Crippen molar-refractivity contribution in [3.05, 3.63) is 103 Å². The monoisotopic (exact) mass is 598 g/mol. The van der Waals surface area contributed by atoms with E-state index in [2.05, 4.69) is 97.6 Å². The number of aliphatic carboxylic acids is 1. The molecule has 0 radical (unpaired) electrons. The van der Waals surface area contributed by atoms with Crippen LogP contribution >= 0.6 is 0 Å². The van der Waals surface area contributed by atoms with Crippen LogP contribution in [0.5, 0.6) is 0 Å². The van der Waals surface area contributed by atoms with E-state index in [1.165, 1.54) is 14.7 Å². The van der Waals surface area contributed by atoms with E-state index in [0.717, 1.165) is 32.1 Å². The Bertz CT molecular complexity index is 1330. The molecule has 4 aliphatic rings. The summed E-state index contributed by atoms with van der Waals surface area (Å²) in [5, 5.41) is 10.5. The van der Waals surface area contributed by atoms with Crippen molar-refractivity contribution in [2.24, 2.45) is 11.8 Å². The number of carbonyl (C=O) groups is 3. The molecule has 4 bridgehead atoms. The third kappa shape index (κ3) is 7.57. The van der Waals surface area contributed by atoms with Gasteiger partial charge in [0, 0.05) is 18.0 Å². The lowest BCUT2D eigenvalue weighted by Gasteiger charge is -2.60. The number of benzene rings is 3. The molecule has 0 aliphatic heterocycles. The minimum absolute atomic E-state index is 0.0146. The Morgan fingerprint density at radius 3 is 1.56 bits per heavy atom. The lowest BCUT2D eigenvalue weighted by molar-refractivity contribution is -0.306. The van der Waals surface area contributed by atoms with Crippen molar-refractivity contribution >= 4 is 28.8 Å². The van der Waals surface area contributed by atoms with Gasteiger partial charge < -0.3 is 19.4 Å². The number of hydrogen-bond donors (Lipinski definition) is 0. The molecule has 43 heavy (non-hydrogen) atoms. The number of carboxylic acids is 1. The molecule has 7 rings (SSSR count). The number of carboxylic acid groups (broad SMARTS) is 1. The van der Waals surface area contributed by atoms with E-state index in [9.17, 15) is 19.5 Å². The summed E-state index contributed by atoms with van der Waals surface area (Å²) in [5.41, 5.74) is -0.831. The average Bonchev–Trinajstić information content (AvgIpc) is 2.97. The highest BCUT2D eigenvalue weighted by Crippen LogP contribution is 2.60. The summed E-state index contributed by atoms with van der Waals surface area (Å²) in [6, 6.07) is 32.2. The molecule has 6 nitrogen and oxygen atoms in total. The molecule has 0 N–H and O–H groups in total. The molecule has 0 saturated heterocycles. The van der Waals surface area contributed by atoms with Crippen LogP contribution in [0.4, 0.5) is 0 Å². The van der Waals surface area contributed by atoms with Crippen LogP contribution in [-0.2, 0) is 34.8 Å². The summed E-state index contributed by atoms with van der Waals surface area (Å²) in [6.07, 6.45) is 4.21. The zero-order valence-electron chi connectivity index (χ0n) is 24.5. The smallest absolute Gasteiger partial charge is 0.333 e. The van der Waals surface area contributed by atoms with E-state index in [-0.39, 0.29) is 23.7 Å². The third-order valence-corrected chi connectivity index (χ3v) is 10.6. The van der Waals surface area contributed by atoms with Crippen LogP contribution in [-0.4, -0.2) is 29.1 Å². The van der Waals surface area contributed by atoms with Gasteiger partial charge in [-0.3, -0.25) is 4.79 Å². The minimum Gasteiger partial charge on any atom is -0.550 e. The fourth-order valence-electron chi connectivity index (χ4n) is 7.19. The maximum absolute atomic E-state index is 12.0. The van der Waals surface area contributed by atoms with E-state index in [4.69, 9.17) is 9.47 Å². The van der Waals surface area contributed by atoms with Crippen molar-refractivity contribution in [3.63, 3.8) is 0 Å². The highest BCUT2D eigenvalue weighted by atomic mass is 32.2. The van der Waals surface area contributed by atoms with Crippen molar-refractivity contribution in [3.8, 4) is 0 Å². The highest BCUT2D eigenvalue weighted by molar-refractivity contribution is 7.97. The number of ether oxygens (including phenoxy) is 2. The van der Waals surface area contributed by atoms with Gasteiger partial charge in [-0.1, -0.05) is 61.2 Å². The van der Waals surface area contributed by atoms with Crippen molar-refractivity contribution in [1.82, 2.24) is 0 Å². The SMILES string of the molecule is C=C(C)C(=O)OC12CC3CC(CC(OC(=O)CCC(=O)[O-])(C3)C1)C2.c1ccc([S+](c2ccccc2)c2ccccc2)cc1. The van der Waals surface area contributed by atoms with E-state index >= 15 is 0 Å². The maximum atomic E-state index is 12.0. The second-order valence-electron chi connectivity index (χ2n) is 12.1. The Morgan fingerprint density at radius 2 is 1.16 bits per heavy atom. The molecule has 2 atom stereocenters. The van der Waals surface area contributed by atoms with Gasteiger partial charge in [-0.15, -0.1) is 0 Å². The van der Waals surface area contributed by atoms with Crippen LogP contribution in [0.25, 0.3) is 0 Å².